The minimum absolute atomic E-state index is 0.0607. The second-order valence-electron chi connectivity index (χ2n) is 4.46. The number of thiocarbonyl (C=S) groups is 1. The first-order valence-electron chi connectivity index (χ1n) is 6.09. The van der Waals surface area contributed by atoms with Crippen molar-refractivity contribution in [3.8, 4) is 0 Å². The highest BCUT2D eigenvalue weighted by Gasteiger charge is 2.54. The Bertz CT molecular complexity index is 352. The second kappa shape index (κ2) is 5.12. The lowest BCUT2D eigenvalue weighted by molar-refractivity contribution is -0.154. The van der Waals surface area contributed by atoms with E-state index in [9.17, 15) is 9.59 Å². The number of nitrogens with zero attached hydrogens (tertiary/aromatic N) is 1. The van der Waals surface area contributed by atoms with Crippen molar-refractivity contribution in [3.05, 3.63) is 0 Å². The van der Waals surface area contributed by atoms with Crippen LogP contribution in [0.15, 0.2) is 0 Å². The van der Waals surface area contributed by atoms with Crippen LogP contribution in [0.25, 0.3) is 0 Å². The van der Waals surface area contributed by atoms with Crippen LogP contribution in [0.3, 0.4) is 0 Å². The molecule has 4 nitrogen and oxygen atoms in total. The van der Waals surface area contributed by atoms with E-state index in [4.69, 9.17) is 12.2 Å². The Hall–Kier alpha value is -0.970. The van der Waals surface area contributed by atoms with Crippen molar-refractivity contribution in [2.45, 2.75) is 40.0 Å². The van der Waals surface area contributed by atoms with Crippen LogP contribution in [-0.4, -0.2) is 28.9 Å². The molecule has 5 heteroatoms. The molecule has 0 spiro atoms. The highest BCUT2D eigenvalue weighted by molar-refractivity contribution is 7.80. The molecule has 1 aliphatic rings. The van der Waals surface area contributed by atoms with E-state index in [0.29, 0.717) is 6.42 Å². The zero-order valence-corrected chi connectivity index (χ0v) is 11.7. The number of hydrogen-bond acceptors (Lipinski definition) is 3. The fourth-order valence-corrected chi connectivity index (χ4v) is 2.90. The van der Waals surface area contributed by atoms with Gasteiger partial charge in [-0.2, -0.15) is 0 Å². The molecule has 2 amide bonds. The monoisotopic (exact) mass is 256 g/mol. The summed E-state index contributed by atoms with van der Waals surface area (Å²) < 4.78 is 0. The second-order valence-corrected chi connectivity index (χ2v) is 4.85. The smallest absolute Gasteiger partial charge is 0.244 e. The van der Waals surface area contributed by atoms with E-state index in [1.807, 2.05) is 20.8 Å². The fraction of sp³-hybridized carbons (Fsp3) is 0.750. The summed E-state index contributed by atoms with van der Waals surface area (Å²) in [5, 5.41) is 2.85. The number of carbonyl (C=O) groups excluding carboxylic acids is 2. The van der Waals surface area contributed by atoms with Gasteiger partial charge in [0.25, 0.3) is 0 Å². The molecule has 1 atom stereocenters. The molecule has 96 valence electrons. The van der Waals surface area contributed by atoms with Gasteiger partial charge in [0.2, 0.25) is 11.8 Å². The van der Waals surface area contributed by atoms with E-state index < -0.39 is 5.41 Å². The molecular formula is C12H20N2O2S. The first kappa shape index (κ1) is 14.1. The van der Waals surface area contributed by atoms with Crippen molar-refractivity contribution in [1.82, 2.24) is 10.2 Å². The largest absolute Gasteiger partial charge is 0.302 e. The summed E-state index contributed by atoms with van der Waals surface area (Å²) in [6, 6.07) is 0. The summed E-state index contributed by atoms with van der Waals surface area (Å²) in [7, 11) is 1.62. The van der Waals surface area contributed by atoms with Gasteiger partial charge < -0.3 is 5.32 Å². The lowest BCUT2D eigenvalue weighted by Crippen LogP contribution is -2.64. The summed E-state index contributed by atoms with van der Waals surface area (Å²) in [5.41, 5.74) is -0.944. The van der Waals surface area contributed by atoms with Gasteiger partial charge in [-0.15, -0.1) is 0 Å². The van der Waals surface area contributed by atoms with Gasteiger partial charge in [-0.3, -0.25) is 14.5 Å². The zero-order chi connectivity index (χ0) is 13.2. The number of nitrogens with one attached hydrogen (secondary N) is 1. The third-order valence-electron chi connectivity index (χ3n) is 3.86. The molecule has 17 heavy (non-hydrogen) atoms. The lowest BCUT2D eigenvalue weighted by atomic mass is 9.68. The van der Waals surface area contributed by atoms with Crippen LogP contribution >= 0.6 is 12.2 Å². The van der Waals surface area contributed by atoms with E-state index in [0.717, 1.165) is 12.8 Å². The molecular weight excluding hydrogens is 236 g/mol. The summed E-state index contributed by atoms with van der Waals surface area (Å²) in [6.45, 7) is 5.91. The SMILES string of the molecule is CCC(CC)C1(CC)C(=O)NC(=S)N(C)C1=O. The van der Waals surface area contributed by atoms with E-state index in [1.54, 1.807) is 7.05 Å². The molecule has 1 N–H and O–H groups in total. The molecule has 0 aromatic heterocycles. The van der Waals surface area contributed by atoms with Crippen LogP contribution in [0.2, 0.25) is 0 Å². The standard InChI is InChI=1S/C12H20N2O2S/c1-5-8(6-2)12(7-3)9(15)13-11(17)14(4)10(12)16/h8H,5-7H2,1-4H3,(H,13,15,17). The van der Waals surface area contributed by atoms with Crippen molar-refractivity contribution in [1.29, 1.82) is 0 Å². The maximum atomic E-state index is 12.4. The van der Waals surface area contributed by atoms with Crippen molar-refractivity contribution in [2.75, 3.05) is 7.05 Å². The molecule has 1 heterocycles. The molecule has 0 aliphatic carbocycles. The Kier molecular flexibility index (Phi) is 4.25. The third-order valence-corrected chi connectivity index (χ3v) is 4.23. The average Bonchev–Trinajstić information content (AvgIpc) is 2.32. The summed E-state index contributed by atoms with van der Waals surface area (Å²) >= 11 is 4.97. The van der Waals surface area contributed by atoms with Crippen molar-refractivity contribution >= 4 is 29.1 Å². The Balaban J connectivity index is 3.24. The first-order valence-corrected chi connectivity index (χ1v) is 6.50. The average molecular weight is 256 g/mol. The Morgan fingerprint density at radius 2 is 1.82 bits per heavy atom. The maximum Gasteiger partial charge on any atom is 0.244 e. The van der Waals surface area contributed by atoms with E-state index in [2.05, 4.69) is 5.32 Å². The van der Waals surface area contributed by atoms with E-state index in [1.165, 1.54) is 4.90 Å². The fourth-order valence-electron chi connectivity index (χ4n) is 2.73. The minimum Gasteiger partial charge on any atom is -0.302 e. The first-order chi connectivity index (χ1) is 7.95. The third kappa shape index (κ3) is 1.97. The molecule has 0 aromatic carbocycles. The minimum atomic E-state index is -0.944. The predicted molar refractivity (Wildman–Crippen MR) is 70.3 cm³/mol. The quantitative estimate of drug-likeness (QED) is 0.615. The summed E-state index contributed by atoms with van der Waals surface area (Å²) in [4.78, 5) is 26.1. The van der Waals surface area contributed by atoms with Crippen LogP contribution in [0.1, 0.15) is 40.0 Å². The molecule has 0 bridgehead atoms. The summed E-state index contributed by atoms with van der Waals surface area (Å²) in [5.74, 6) is -0.338. The lowest BCUT2D eigenvalue weighted by Gasteiger charge is -2.43. The van der Waals surface area contributed by atoms with Crippen molar-refractivity contribution in [3.63, 3.8) is 0 Å². The van der Waals surface area contributed by atoms with Gasteiger partial charge in [-0.25, -0.2) is 0 Å². The van der Waals surface area contributed by atoms with Gasteiger partial charge in [-0.1, -0.05) is 33.6 Å². The Morgan fingerprint density at radius 1 is 1.29 bits per heavy atom. The van der Waals surface area contributed by atoms with Crippen LogP contribution in [0.4, 0.5) is 0 Å². The van der Waals surface area contributed by atoms with Gasteiger partial charge in [0.05, 0.1) is 0 Å². The zero-order valence-electron chi connectivity index (χ0n) is 10.9. The molecule has 1 rings (SSSR count). The molecule has 0 aromatic rings. The Morgan fingerprint density at radius 3 is 2.24 bits per heavy atom. The molecule has 0 saturated carbocycles. The molecule has 0 radical (unpaired) electrons. The molecule has 1 fully saturated rings. The number of carbonyl (C=O) groups is 2. The van der Waals surface area contributed by atoms with E-state index >= 15 is 0 Å². The van der Waals surface area contributed by atoms with Crippen LogP contribution in [0, 0.1) is 11.3 Å². The highest BCUT2D eigenvalue weighted by Crippen LogP contribution is 2.40. The van der Waals surface area contributed by atoms with Crippen molar-refractivity contribution < 1.29 is 9.59 Å². The van der Waals surface area contributed by atoms with Gasteiger partial charge in [0.15, 0.2) is 5.11 Å². The number of rotatable bonds is 4. The van der Waals surface area contributed by atoms with Crippen LogP contribution in [0.5, 0.6) is 0 Å². The summed E-state index contributed by atoms with van der Waals surface area (Å²) in [6.07, 6.45) is 2.13. The maximum absolute atomic E-state index is 12.4. The number of amides is 2. The molecule has 1 aliphatic heterocycles. The Labute approximate surface area is 108 Å². The normalized spacial score (nSPS) is 25.5. The molecule has 1 saturated heterocycles. The van der Waals surface area contributed by atoms with E-state index in [-0.39, 0.29) is 22.8 Å². The van der Waals surface area contributed by atoms with Crippen LogP contribution < -0.4 is 5.32 Å². The highest BCUT2D eigenvalue weighted by atomic mass is 32.1. The van der Waals surface area contributed by atoms with Gasteiger partial charge >= 0.3 is 0 Å². The topological polar surface area (TPSA) is 49.4 Å². The van der Waals surface area contributed by atoms with Crippen LogP contribution in [-0.2, 0) is 9.59 Å². The predicted octanol–water partition coefficient (Wildman–Crippen LogP) is 1.69. The van der Waals surface area contributed by atoms with Gasteiger partial charge in [0.1, 0.15) is 5.41 Å². The molecule has 1 unspecified atom stereocenters. The van der Waals surface area contributed by atoms with Gasteiger partial charge in [-0.05, 0) is 24.6 Å². The number of hydrogen-bond donors (Lipinski definition) is 1. The van der Waals surface area contributed by atoms with Crippen molar-refractivity contribution in [2.24, 2.45) is 11.3 Å². The van der Waals surface area contributed by atoms with Gasteiger partial charge in [0, 0.05) is 7.05 Å².